The molecular weight excluding hydrogens is 302 g/mol. The Morgan fingerprint density at radius 3 is 2.50 bits per heavy atom. The van der Waals surface area contributed by atoms with Gasteiger partial charge in [0, 0.05) is 25.7 Å². The zero-order chi connectivity index (χ0) is 18.3. The van der Waals surface area contributed by atoms with Crippen molar-refractivity contribution in [3.63, 3.8) is 0 Å². The maximum Gasteiger partial charge on any atom is 0.410 e. The third-order valence-corrected chi connectivity index (χ3v) is 4.26. The summed E-state index contributed by atoms with van der Waals surface area (Å²) in [6.45, 7) is 20.5. The van der Waals surface area contributed by atoms with E-state index in [1.165, 1.54) is 6.42 Å². The van der Waals surface area contributed by atoms with Crippen molar-refractivity contribution < 1.29 is 9.53 Å². The van der Waals surface area contributed by atoms with Gasteiger partial charge in [0.05, 0.1) is 0 Å². The van der Waals surface area contributed by atoms with Gasteiger partial charge in [0.15, 0.2) is 0 Å². The van der Waals surface area contributed by atoms with Crippen LogP contribution >= 0.6 is 0 Å². The molecule has 0 aromatic carbocycles. The van der Waals surface area contributed by atoms with Gasteiger partial charge in [-0.1, -0.05) is 13.8 Å². The van der Waals surface area contributed by atoms with Gasteiger partial charge >= 0.3 is 6.09 Å². The number of rotatable bonds is 8. The van der Waals surface area contributed by atoms with Crippen LogP contribution in [0.3, 0.4) is 0 Å². The van der Waals surface area contributed by atoms with Gasteiger partial charge in [-0.05, 0) is 72.5 Å². The molecule has 1 rings (SSSR count). The molecule has 1 amide bonds. The summed E-state index contributed by atoms with van der Waals surface area (Å²) in [5.74, 6) is 1.44. The Kier molecular flexibility index (Phi) is 8.51. The maximum atomic E-state index is 12.3. The van der Waals surface area contributed by atoms with Crippen LogP contribution in [0.5, 0.6) is 0 Å². The molecule has 0 spiro atoms. The third-order valence-electron chi connectivity index (χ3n) is 4.26. The molecule has 0 bridgehead atoms. The van der Waals surface area contributed by atoms with E-state index >= 15 is 0 Å². The molecule has 1 atom stereocenters. The number of hydrogen-bond donors (Lipinski definition) is 1. The number of hydrogen-bond acceptors (Lipinski definition) is 4. The van der Waals surface area contributed by atoms with E-state index in [0.29, 0.717) is 5.92 Å². The molecule has 5 heteroatoms. The number of nitrogens with one attached hydrogen (secondary N) is 1. The summed E-state index contributed by atoms with van der Waals surface area (Å²) in [5.41, 5.74) is -0.439. The fraction of sp³-hybridized carbons (Fsp3) is 0.947. The molecule has 5 nitrogen and oxygen atoms in total. The first-order valence-corrected chi connectivity index (χ1v) is 9.51. The highest BCUT2D eigenvalue weighted by Gasteiger charge is 2.26. The van der Waals surface area contributed by atoms with Crippen LogP contribution in [0.15, 0.2) is 0 Å². The van der Waals surface area contributed by atoms with E-state index < -0.39 is 5.60 Å². The molecule has 0 aromatic heterocycles. The molecule has 1 N–H and O–H groups in total. The molecule has 0 radical (unpaired) electrons. The first kappa shape index (κ1) is 21.2. The average Bonchev–Trinajstić information content (AvgIpc) is 2.83. The lowest BCUT2D eigenvalue weighted by Gasteiger charge is -2.31. The van der Waals surface area contributed by atoms with E-state index in [2.05, 4.69) is 24.1 Å². The Hall–Kier alpha value is -0.810. The van der Waals surface area contributed by atoms with E-state index in [4.69, 9.17) is 4.74 Å². The summed E-state index contributed by atoms with van der Waals surface area (Å²) < 4.78 is 5.53. The largest absolute Gasteiger partial charge is 0.444 e. The minimum atomic E-state index is -0.439. The number of amides is 1. The predicted molar refractivity (Wildman–Crippen MR) is 100 cm³/mol. The fourth-order valence-electron chi connectivity index (χ4n) is 2.99. The van der Waals surface area contributed by atoms with Gasteiger partial charge in [0.2, 0.25) is 0 Å². The summed E-state index contributed by atoms with van der Waals surface area (Å²) in [6, 6.07) is 0.158. The van der Waals surface area contributed by atoms with Gasteiger partial charge in [0.25, 0.3) is 0 Å². The number of carbonyl (C=O) groups excluding carboxylic acids is 1. The number of carbonyl (C=O) groups is 1. The van der Waals surface area contributed by atoms with E-state index in [-0.39, 0.29) is 12.1 Å². The quantitative estimate of drug-likeness (QED) is 0.736. The van der Waals surface area contributed by atoms with Crippen LogP contribution in [0.4, 0.5) is 4.79 Å². The Morgan fingerprint density at radius 2 is 1.96 bits per heavy atom. The van der Waals surface area contributed by atoms with Crippen LogP contribution in [0.25, 0.3) is 0 Å². The summed E-state index contributed by atoms with van der Waals surface area (Å²) in [7, 11) is 0. The van der Waals surface area contributed by atoms with Crippen molar-refractivity contribution >= 4 is 6.09 Å². The molecule has 0 saturated carbocycles. The SMILES string of the molecule is CC(C)CNCC1CCN(CCN(C(=O)OC(C)(C)C)C(C)C)C1. The highest BCUT2D eigenvalue weighted by Crippen LogP contribution is 2.16. The predicted octanol–water partition coefficient (Wildman–Crippen LogP) is 3.20. The number of likely N-dealkylation sites (tertiary alicyclic amines) is 1. The zero-order valence-electron chi connectivity index (χ0n) is 16.9. The molecule has 1 heterocycles. The van der Waals surface area contributed by atoms with Gasteiger partial charge in [0.1, 0.15) is 5.60 Å². The van der Waals surface area contributed by atoms with Gasteiger partial charge in [-0.2, -0.15) is 0 Å². The Morgan fingerprint density at radius 1 is 1.29 bits per heavy atom. The van der Waals surface area contributed by atoms with Gasteiger partial charge in [-0.25, -0.2) is 4.79 Å². The van der Waals surface area contributed by atoms with E-state index in [1.807, 2.05) is 39.5 Å². The van der Waals surface area contributed by atoms with Crippen molar-refractivity contribution in [1.29, 1.82) is 0 Å². The van der Waals surface area contributed by atoms with E-state index in [9.17, 15) is 4.79 Å². The first-order chi connectivity index (χ1) is 11.1. The van der Waals surface area contributed by atoms with Crippen molar-refractivity contribution in [3.8, 4) is 0 Å². The smallest absolute Gasteiger partial charge is 0.410 e. The topological polar surface area (TPSA) is 44.8 Å². The van der Waals surface area contributed by atoms with Crippen LogP contribution in [0.2, 0.25) is 0 Å². The Balaban J connectivity index is 2.36. The zero-order valence-corrected chi connectivity index (χ0v) is 16.9. The van der Waals surface area contributed by atoms with Crippen LogP contribution in [0, 0.1) is 11.8 Å². The van der Waals surface area contributed by atoms with Crippen molar-refractivity contribution in [1.82, 2.24) is 15.1 Å². The summed E-state index contributed by atoms with van der Waals surface area (Å²) >= 11 is 0. The summed E-state index contributed by atoms with van der Waals surface area (Å²) in [6.07, 6.45) is 1.05. The highest BCUT2D eigenvalue weighted by molar-refractivity contribution is 5.68. The van der Waals surface area contributed by atoms with Crippen LogP contribution in [-0.2, 0) is 4.74 Å². The second-order valence-corrected chi connectivity index (χ2v) is 8.77. The second kappa shape index (κ2) is 9.62. The second-order valence-electron chi connectivity index (χ2n) is 8.77. The van der Waals surface area contributed by atoms with Crippen molar-refractivity contribution in [2.45, 2.75) is 66.5 Å². The molecule has 0 aliphatic carbocycles. The monoisotopic (exact) mass is 341 g/mol. The van der Waals surface area contributed by atoms with Crippen molar-refractivity contribution in [2.75, 3.05) is 39.3 Å². The maximum absolute atomic E-state index is 12.3. The molecular formula is C19H39N3O2. The minimum Gasteiger partial charge on any atom is -0.444 e. The highest BCUT2D eigenvalue weighted by atomic mass is 16.6. The van der Waals surface area contributed by atoms with Gasteiger partial charge in [-0.3, -0.25) is 0 Å². The summed E-state index contributed by atoms with van der Waals surface area (Å²) in [4.78, 5) is 16.7. The van der Waals surface area contributed by atoms with Crippen LogP contribution in [0.1, 0.15) is 54.9 Å². The van der Waals surface area contributed by atoms with Crippen LogP contribution < -0.4 is 5.32 Å². The average molecular weight is 342 g/mol. The van der Waals surface area contributed by atoms with Crippen LogP contribution in [-0.4, -0.2) is 66.8 Å². The minimum absolute atomic E-state index is 0.158. The molecule has 1 aliphatic heterocycles. The molecule has 0 aromatic rings. The lowest BCUT2D eigenvalue weighted by Crippen LogP contribution is -2.44. The van der Waals surface area contributed by atoms with Crippen molar-refractivity contribution in [3.05, 3.63) is 0 Å². The Labute approximate surface area is 149 Å². The third kappa shape index (κ3) is 8.34. The lowest BCUT2D eigenvalue weighted by molar-refractivity contribution is 0.0175. The lowest BCUT2D eigenvalue weighted by atomic mass is 10.1. The molecule has 142 valence electrons. The normalized spacial score (nSPS) is 19.3. The molecule has 1 unspecified atom stereocenters. The van der Waals surface area contributed by atoms with Gasteiger partial charge in [-0.15, -0.1) is 0 Å². The first-order valence-electron chi connectivity index (χ1n) is 9.51. The standard InChI is InChI=1S/C19H39N3O2/c1-15(2)12-20-13-17-8-9-21(14-17)10-11-22(16(3)4)18(23)24-19(5,6)7/h15-17,20H,8-14H2,1-7H3. The summed E-state index contributed by atoms with van der Waals surface area (Å²) in [5, 5.41) is 3.56. The molecule has 1 fully saturated rings. The molecule has 24 heavy (non-hydrogen) atoms. The number of ether oxygens (including phenoxy) is 1. The molecule has 1 saturated heterocycles. The van der Waals surface area contributed by atoms with Gasteiger partial charge < -0.3 is 19.9 Å². The van der Waals surface area contributed by atoms with E-state index in [0.717, 1.165) is 45.2 Å². The Bertz CT molecular complexity index is 377. The molecule has 1 aliphatic rings. The van der Waals surface area contributed by atoms with Crippen molar-refractivity contribution in [2.24, 2.45) is 11.8 Å². The fourth-order valence-corrected chi connectivity index (χ4v) is 2.99. The van der Waals surface area contributed by atoms with E-state index in [1.54, 1.807) is 0 Å². The number of nitrogens with zero attached hydrogens (tertiary/aromatic N) is 2.